The van der Waals surface area contributed by atoms with E-state index in [1.54, 1.807) is 16.6 Å². The number of aromatic nitrogens is 3. The zero-order valence-corrected chi connectivity index (χ0v) is 20.1. The van der Waals surface area contributed by atoms with Crippen LogP contribution in [0.1, 0.15) is 42.6 Å². The summed E-state index contributed by atoms with van der Waals surface area (Å²) in [6.07, 6.45) is 3.20. The van der Waals surface area contributed by atoms with Crippen molar-refractivity contribution in [2.75, 3.05) is 32.0 Å². The van der Waals surface area contributed by atoms with Gasteiger partial charge in [-0.25, -0.2) is 8.91 Å². The molecule has 1 atom stereocenters. The normalized spacial score (nSPS) is 16.1. The van der Waals surface area contributed by atoms with Gasteiger partial charge in [0.15, 0.2) is 0 Å². The molecule has 10 heteroatoms. The minimum atomic E-state index is -1.61. The largest absolute Gasteiger partial charge is 0.387 e. The lowest BCUT2D eigenvalue weighted by molar-refractivity contribution is -0.00177. The second-order valence-electron chi connectivity index (χ2n) is 9.58. The minimum absolute atomic E-state index is 0.179. The number of hydrogen-bond acceptors (Lipinski definition) is 7. The van der Waals surface area contributed by atoms with Gasteiger partial charge in [0.25, 0.3) is 5.91 Å². The number of anilines is 1. The van der Waals surface area contributed by atoms with Gasteiger partial charge in [-0.1, -0.05) is 0 Å². The Morgan fingerprint density at radius 3 is 2.74 bits per heavy atom. The van der Waals surface area contributed by atoms with Gasteiger partial charge >= 0.3 is 0 Å². The van der Waals surface area contributed by atoms with E-state index in [4.69, 9.17) is 5.26 Å². The Labute approximate surface area is 203 Å². The number of nitrogens with one attached hydrogen (secondary N) is 2. The molecule has 35 heavy (non-hydrogen) atoms. The zero-order chi connectivity index (χ0) is 25.2. The van der Waals surface area contributed by atoms with Crippen molar-refractivity contribution >= 4 is 17.1 Å². The molecule has 0 aromatic carbocycles. The third-order valence-corrected chi connectivity index (χ3v) is 6.33. The summed E-state index contributed by atoms with van der Waals surface area (Å²) in [5, 5.41) is 29.4. The summed E-state index contributed by atoms with van der Waals surface area (Å²) in [7, 11) is 2.08. The van der Waals surface area contributed by atoms with Crippen LogP contribution in [0.2, 0.25) is 0 Å². The monoisotopic (exact) mass is 479 g/mol. The molecule has 3 aromatic rings. The number of rotatable bonds is 7. The molecule has 4 rings (SSSR count). The smallest absolute Gasteiger partial charge is 0.255 e. The molecule has 1 aliphatic rings. The average Bonchev–Trinajstić information content (AvgIpc) is 3.26. The van der Waals surface area contributed by atoms with Crippen LogP contribution >= 0.6 is 0 Å². The molecule has 0 radical (unpaired) electrons. The van der Waals surface area contributed by atoms with Crippen LogP contribution in [0, 0.1) is 11.3 Å². The first-order chi connectivity index (χ1) is 16.7. The quantitative estimate of drug-likeness (QED) is 0.477. The number of alkyl halides is 1. The summed E-state index contributed by atoms with van der Waals surface area (Å²) in [5.74, 6) is -0.469. The van der Waals surface area contributed by atoms with Crippen molar-refractivity contribution in [3.05, 3.63) is 47.8 Å². The second-order valence-corrected chi connectivity index (χ2v) is 9.58. The molecule has 3 aromatic heterocycles. The molecule has 1 aliphatic heterocycles. The maximum atomic E-state index is 14.2. The highest BCUT2D eigenvalue weighted by atomic mass is 19.1. The molecular weight excluding hydrogens is 449 g/mol. The molecule has 1 fully saturated rings. The van der Waals surface area contributed by atoms with E-state index < -0.39 is 17.7 Å². The van der Waals surface area contributed by atoms with E-state index in [9.17, 15) is 14.3 Å². The van der Waals surface area contributed by atoms with Crippen molar-refractivity contribution < 1.29 is 14.3 Å². The van der Waals surface area contributed by atoms with Crippen molar-refractivity contribution in [3.8, 4) is 17.5 Å². The number of amides is 1. The number of aliphatic hydroxyl groups is 1. The first kappa shape index (κ1) is 24.6. The van der Waals surface area contributed by atoms with Crippen molar-refractivity contribution in [3.63, 3.8) is 0 Å². The summed E-state index contributed by atoms with van der Waals surface area (Å²) in [4.78, 5) is 19.7. The summed E-state index contributed by atoms with van der Waals surface area (Å²) in [5.41, 5.74) is 1.89. The van der Waals surface area contributed by atoms with E-state index in [-0.39, 0.29) is 12.6 Å². The highest BCUT2D eigenvalue weighted by molar-refractivity contribution is 6.00. The van der Waals surface area contributed by atoms with Crippen LogP contribution in [0.5, 0.6) is 0 Å². The van der Waals surface area contributed by atoms with Crippen molar-refractivity contribution in [2.24, 2.45) is 0 Å². The first-order valence-corrected chi connectivity index (χ1v) is 11.6. The van der Waals surface area contributed by atoms with Gasteiger partial charge in [-0.2, -0.15) is 10.4 Å². The van der Waals surface area contributed by atoms with E-state index in [0.717, 1.165) is 31.4 Å². The van der Waals surface area contributed by atoms with E-state index in [2.05, 4.69) is 38.7 Å². The molecule has 0 spiro atoms. The predicted octanol–water partition coefficient (Wildman–Crippen LogP) is 2.61. The maximum Gasteiger partial charge on any atom is 0.255 e. The number of halogens is 1. The number of hydrogen-bond donors (Lipinski definition) is 3. The Kier molecular flexibility index (Phi) is 7.00. The van der Waals surface area contributed by atoms with Crippen molar-refractivity contribution in [1.82, 2.24) is 24.8 Å². The summed E-state index contributed by atoms with van der Waals surface area (Å²) < 4.78 is 15.9. The van der Waals surface area contributed by atoms with Crippen LogP contribution in [0.15, 0.2) is 36.7 Å². The fraction of sp³-hybridized carbons (Fsp3) is 0.440. The Morgan fingerprint density at radius 1 is 1.31 bits per heavy atom. The molecule has 1 unspecified atom stereocenters. The molecule has 1 saturated heterocycles. The number of pyridine rings is 1. The molecule has 3 N–H and O–H groups in total. The maximum absolute atomic E-state index is 14.2. The second kappa shape index (κ2) is 9.98. The summed E-state index contributed by atoms with van der Waals surface area (Å²) in [6, 6.07) is 9.53. The van der Waals surface area contributed by atoms with E-state index >= 15 is 0 Å². The zero-order valence-electron chi connectivity index (χ0n) is 20.1. The Bertz CT molecular complexity index is 1250. The number of nitrogens with zero attached hydrogens (tertiary/aromatic N) is 5. The van der Waals surface area contributed by atoms with Crippen LogP contribution in [-0.2, 0) is 0 Å². The van der Waals surface area contributed by atoms with Crippen molar-refractivity contribution in [2.45, 2.75) is 44.5 Å². The number of fused-ring (bicyclic) bond motifs is 1. The average molecular weight is 480 g/mol. The molecule has 9 nitrogen and oxygen atoms in total. The molecule has 0 bridgehead atoms. The van der Waals surface area contributed by atoms with E-state index in [1.165, 1.54) is 26.2 Å². The van der Waals surface area contributed by atoms with E-state index in [0.29, 0.717) is 28.2 Å². The van der Waals surface area contributed by atoms with Gasteiger partial charge in [-0.3, -0.25) is 9.78 Å². The predicted molar refractivity (Wildman–Crippen MR) is 131 cm³/mol. The lowest BCUT2D eigenvalue weighted by atomic mass is 10.0. The number of piperidine rings is 1. The fourth-order valence-electron chi connectivity index (χ4n) is 4.05. The van der Waals surface area contributed by atoms with Crippen LogP contribution in [-0.4, -0.2) is 75.0 Å². The number of carbonyl (C=O) groups is 1. The SMILES string of the molecule is CN1CCC(Nc2cc(-c3ccc4cc(C#N)cnn34)ncc2C(=O)NCC(F)C(C)(C)O)CC1. The number of nitriles is 1. The van der Waals surface area contributed by atoms with Gasteiger partial charge in [0.1, 0.15) is 12.2 Å². The van der Waals surface area contributed by atoms with Crippen LogP contribution < -0.4 is 10.6 Å². The topological polar surface area (TPSA) is 119 Å². The van der Waals surface area contributed by atoms with Crippen LogP contribution in [0.4, 0.5) is 10.1 Å². The lowest BCUT2D eigenvalue weighted by Gasteiger charge is -2.30. The van der Waals surface area contributed by atoms with Gasteiger partial charge in [-0.15, -0.1) is 0 Å². The highest BCUT2D eigenvalue weighted by Gasteiger charge is 2.28. The van der Waals surface area contributed by atoms with Gasteiger partial charge < -0.3 is 20.6 Å². The minimum Gasteiger partial charge on any atom is -0.387 e. The summed E-state index contributed by atoms with van der Waals surface area (Å²) in [6.45, 7) is 4.30. The Balaban J connectivity index is 1.65. The standard InChI is InChI=1S/C25H30FN7O2/c1-25(2,35)23(26)15-29-24(34)19-14-28-21(11-20(19)31-17-6-8-32(3)9-7-17)22-5-4-18-10-16(12-27)13-30-33(18)22/h4-5,10-11,13-14,17,23,35H,6-9,15H2,1-3H3,(H,28,31)(H,29,34). The van der Waals surface area contributed by atoms with Crippen molar-refractivity contribution in [1.29, 1.82) is 5.26 Å². The third kappa shape index (κ3) is 5.58. The number of carbonyl (C=O) groups excluding carboxylic acids is 1. The fourth-order valence-corrected chi connectivity index (χ4v) is 4.05. The third-order valence-electron chi connectivity index (χ3n) is 6.33. The van der Waals surface area contributed by atoms with Gasteiger partial charge in [-0.05, 0) is 71.1 Å². The molecule has 184 valence electrons. The van der Waals surface area contributed by atoms with Gasteiger partial charge in [0.05, 0.1) is 52.1 Å². The summed E-state index contributed by atoms with van der Waals surface area (Å²) >= 11 is 0. The lowest BCUT2D eigenvalue weighted by Crippen LogP contribution is -2.42. The highest BCUT2D eigenvalue weighted by Crippen LogP contribution is 2.27. The molecule has 4 heterocycles. The van der Waals surface area contributed by atoms with Crippen LogP contribution in [0.3, 0.4) is 0 Å². The van der Waals surface area contributed by atoms with Gasteiger partial charge in [0, 0.05) is 12.2 Å². The molecule has 0 saturated carbocycles. The Hall–Kier alpha value is -3.55. The van der Waals surface area contributed by atoms with Crippen LogP contribution in [0.25, 0.3) is 16.9 Å². The first-order valence-electron chi connectivity index (χ1n) is 11.6. The molecule has 0 aliphatic carbocycles. The Morgan fingerprint density at radius 2 is 2.06 bits per heavy atom. The number of likely N-dealkylation sites (tertiary alicyclic amines) is 1. The van der Waals surface area contributed by atoms with Gasteiger partial charge in [0.2, 0.25) is 0 Å². The van der Waals surface area contributed by atoms with E-state index in [1.807, 2.05) is 12.1 Å². The molecule has 1 amide bonds. The molecular formula is C25H30FN7O2.